The van der Waals surface area contributed by atoms with Crippen molar-refractivity contribution in [3.05, 3.63) is 18.5 Å². The zero-order valence-corrected chi connectivity index (χ0v) is 11.0. The molecule has 0 unspecified atom stereocenters. The van der Waals surface area contributed by atoms with Crippen molar-refractivity contribution >= 4 is 5.91 Å². The van der Waals surface area contributed by atoms with Gasteiger partial charge in [-0.05, 0) is 37.7 Å². The first-order valence-electron chi connectivity index (χ1n) is 7.03. The molecule has 102 valence electrons. The van der Waals surface area contributed by atoms with E-state index in [2.05, 4.69) is 9.97 Å². The van der Waals surface area contributed by atoms with Crippen molar-refractivity contribution in [3.63, 3.8) is 0 Å². The summed E-state index contributed by atoms with van der Waals surface area (Å²) in [6, 6.07) is 2.17. The summed E-state index contributed by atoms with van der Waals surface area (Å²) in [5.41, 5.74) is 0. The first kappa shape index (κ1) is 12.4. The summed E-state index contributed by atoms with van der Waals surface area (Å²) in [4.78, 5) is 22.2. The average molecular weight is 261 g/mol. The van der Waals surface area contributed by atoms with Gasteiger partial charge in [-0.1, -0.05) is 0 Å². The minimum absolute atomic E-state index is 0.0271. The monoisotopic (exact) mass is 261 g/mol. The molecular formula is C14H19N3O2. The third kappa shape index (κ3) is 3.43. The number of carbonyl (C=O) groups is 1. The van der Waals surface area contributed by atoms with Crippen LogP contribution in [-0.4, -0.2) is 40.0 Å². The summed E-state index contributed by atoms with van der Waals surface area (Å²) in [6.45, 7) is 1.53. The Balaban J connectivity index is 1.53. The minimum Gasteiger partial charge on any atom is -0.458 e. The van der Waals surface area contributed by atoms with Crippen LogP contribution in [0.1, 0.15) is 32.1 Å². The molecule has 5 nitrogen and oxygen atoms in total. The molecule has 0 aromatic carbocycles. The van der Waals surface area contributed by atoms with E-state index in [1.807, 2.05) is 4.90 Å². The number of amides is 1. The van der Waals surface area contributed by atoms with Crippen molar-refractivity contribution in [2.24, 2.45) is 5.92 Å². The van der Waals surface area contributed by atoms with E-state index >= 15 is 0 Å². The first-order valence-corrected chi connectivity index (χ1v) is 7.03. The van der Waals surface area contributed by atoms with Gasteiger partial charge in [0.25, 0.3) is 0 Å². The van der Waals surface area contributed by atoms with Gasteiger partial charge in [-0.2, -0.15) is 0 Å². The number of carbonyl (C=O) groups excluding carboxylic acids is 1. The number of hydrogen-bond donors (Lipinski definition) is 0. The van der Waals surface area contributed by atoms with E-state index in [0.717, 1.165) is 19.4 Å². The van der Waals surface area contributed by atoms with Gasteiger partial charge in [-0.15, -0.1) is 0 Å². The Kier molecular flexibility index (Phi) is 3.62. The molecule has 0 N–H and O–H groups in total. The Morgan fingerprint density at radius 2 is 2.11 bits per heavy atom. The number of nitrogens with zero attached hydrogens (tertiary/aromatic N) is 3. The molecule has 3 rings (SSSR count). The lowest BCUT2D eigenvalue weighted by molar-refractivity contribution is -0.134. The van der Waals surface area contributed by atoms with Gasteiger partial charge in [0, 0.05) is 25.4 Å². The van der Waals surface area contributed by atoms with Crippen LogP contribution in [0.3, 0.4) is 0 Å². The molecule has 19 heavy (non-hydrogen) atoms. The fourth-order valence-corrected chi connectivity index (χ4v) is 2.45. The zero-order valence-electron chi connectivity index (χ0n) is 11.0. The molecule has 1 aliphatic carbocycles. The molecule has 2 aliphatic rings. The predicted molar refractivity (Wildman–Crippen MR) is 69.6 cm³/mol. The fourth-order valence-electron chi connectivity index (χ4n) is 2.45. The number of piperidine rings is 1. The Hall–Kier alpha value is -1.65. The van der Waals surface area contributed by atoms with Crippen LogP contribution in [0.15, 0.2) is 18.5 Å². The molecule has 2 heterocycles. The van der Waals surface area contributed by atoms with E-state index in [0.29, 0.717) is 24.9 Å². The highest BCUT2D eigenvalue weighted by molar-refractivity contribution is 5.76. The second-order valence-electron chi connectivity index (χ2n) is 5.40. The Bertz CT molecular complexity index is 434. The zero-order chi connectivity index (χ0) is 13.1. The minimum atomic E-state index is 0.0271. The fraction of sp³-hybridized carbons (Fsp3) is 0.643. The van der Waals surface area contributed by atoms with Gasteiger partial charge in [-0.3, -0.25) is 4.79 Å². The summed E-state index contributed by atoms with van der Waals surface area (Å²) in [6.07, 6.45) is 8.48. The lowest BCUT2D eigenvalue weighted by atomic mass is 10.1. The van der Waals surface area contributed by atoms with Crippen molar-refractivity contribution in [2.75, 3.05) is 13.1 Å². The first-order chi connectivity index (χ1) is 9.31. The normalized spacial score (nSPS) is 23.2. The maximum Gasteiger partial charge on any atom is 0.316 e. The Morgan fingerprint density at radius 1 is 1.32 bits per heavy atom. The molecule has 1 aromatic rings. The number of rotatable bonds is 4. The highest BCUT2D eigenvalue weighted by Gasteiger charge is 2.30. The van der Waals surface area contributed by atoms with E-state index in [1.165, 1.54) is 12.8 Å². The van der Waals surface area contributed by atoms with Crippen LogP contribution in [0.4, 0.5) is 0 Å². The summed E-state index contributed by atoms with van der Waals surface area (Å²) in [7, 11) is 0. The topological polar surface area (TPSA) is 55.3 Å². The van der Waals surface area contributed by atoms with E-state index in [1.54, 1.807) is 18.5 Å². The molecule has 5 heteroatoms. The maximum absolute atomic E-state index is 12.1. The lowest BCUT2D eigenvalue weighted by Gasteiger charge is -2.32. The van der Waals surface area contributed by atoms with Crippen molar-refractivity contribution in [2.45, 2.75) is 38.2 Å². The molecular weight excluding hydrogens is 242 g/mol. The van der Waals surface area contributed by atoms with Crippen LogP contribution in [0.5, 0.6) is 6.01 Å². The van der Waals surface area contributed by atoms with Gasteiger partial charge in [0.15, 0.2) is 0 Å². The molecule has 0 spiro atoms. The van der Waals surface area contributed by atoms with E-state index in [9.17, 15) is 4.79 Å². The summed E-state index contributed by atoms with van der Waals surface area (Å²) >= 11 is 0. The van der Waals surface area contributed by atoms with Gasteiger partial charge < -0.3 is 9.64 Å². The van der Waals surface area contributed by atoms with E-state index < -0.39 is 0 Å². The van der Waals surface area contributed by atoms with Crippen LogP contribution in [0.2, 0.25) is 0 Å². The van der Waals surface area contributed by atoms with Crippen molar-refractivity contribution in [1.29, 1.82) is 0 Å². The summed E-state index contributed by atoms with van der Waals surface area (Å²) in [5, 5.41) is 0. The molecule has 0 bridgehead atoms. The smallest absolute Gasteiger partial charge is 0.316 e. The standard InChI is InChI=1S/C14H19N3O2/c18-13(9-11-4-5-11)17-8-1-3-12(10-17)19-14-15-6-2-7-16-14/h2,6-7,11-12H,1,3-5,8-10H2/t12-/m0/s1. The number of hydrogen-bond acceptors (Lipinski definition) is 4. The van der Waals surface area contributed by atoms with Gasteiger partial charge in [0.05, 0.1) is 6.54 Å². The predicted octanol–water partition coefficient (Wildman–Crippen LogP) is 1.65. The van der Waals surface area contributed by atoms with Crippen LogP contribution >= 0.6 is 0 Å². The molecule has 1 saturated carbocycles. The summed E-state index contributed by atoms with van der Waals surface area (Å²) in [5.74, 6) is 0.927. The molecule has 0 radical (unpaired) electrons. The second kappa shape index (κ2) is 5.55. The van der Waals surface area contributed by atoms with Crippen molar-refractivity contribution in [3.8, 4) is 6.01 Å². The largest absolute Gasteiger partial charge is 0.458 e. The number of likely N-dealkylation sites (tertiary alicyclic amines) is 1. The van der Waals surface area contributed by atoms with Crippen molar-refractivity contribution in [1.82, 2.24) is 14.9 Å². The molecule has 2 fully saturated rings. The van der Waals surface area contributed by atoms with Gasteiger partial charge in [0.1, 0.15) is 6.10 Å². The van der Waals surface area contributed by atoms with E-state index in [-0.39, 0.29) is 12.0 Å². The third-order valence-corrected chi connectivity index (χ3v) is 3.71. The Labute approximate surface area is 113 Å². The van der Waals surface area contributed by atoms with Gasteiger partial charge in [0.2, 0.25) is 5.91 Å². The molecule has 1 saturated heterocycles. The number of aromatic nitrogens is 2. The SMILES string of the molecule is O=C(CC1CC1)N1CCC[C@H](Oc2ncccn2)C1. The van der Waals surface area contributed by atoms with Crippen LogP contribution in [-0.2, 0) is 4.79 Å². The second-order valence-corrected chi connectivity index (χ2v) is 5.40. The summed E-state index contributed by atoms with van der Waals surface area (Å²) < 4.78 is 5.74. The number of ether oxygens (including phenoxy) is 1. The molecule has 1 atom stereocenters. The van der Waals surface area contributed by atoms with Crippen molar-refractivity contribution < 1.29 is 9.53 Å². The lowest BCUT2D eigenvalue weighted by Crippen LogP contribution is -2.44. The molecule has 1 aromatic heterocycles. The average Bonchev–Trinajstić information content (AvgIpc) is 3.24. The van der Waals surface area contributed by atoms with Gasteiger partial charge in [-0.25, -0.2) is 9.97 Å². The van der Waals surface area contributed by atoms with Crippen LogP contribution in [0, 0.1) is 5.92 Å². The maximum atomic E-state index is 12.1. The quantitative estimate of drug-likeness (QED) is 0.827. The highest BCUT2D eigenvalue weighted by Crippen LogP contribution is 2.33. The molecule has 1 aliphatic heterocycles. The van der Waals surface area contributed by atoms with Crippen LogP contribution < -0.4 is 4.74 Å². The van der Waals surface area contributed by atoms with Gasteiger partial charge >= 0.3 is 6.01 Å². The highest BCUT2D eigenvalue weighted by atomic mass is 16.5. The third-order valence-electron chi connectivity index (χ3n) is 3.71. The Morgan fingerprint density at radius 3 is 2.84 bits per heavy atom. The van der Waals surface area contributed by atoms with Crippen LogP contribution in [0.25, 0.3) is 0 Å². The van der Waals surface area contributed by atoms with E-state index in [4.69, 9.17) is 4.74 Å². The molecule has 1 amide bonds.